The fraction of sp³-hybridized carbons (Fsp3) is 0.360. The average Bonchev–Trinajstić information content (AvgIpc) is 3.33. The number of rotatable bonds is 11. The quantitative estimate of drug-likeness (QED) is 0.374. The van der Waals surface area contributed by atoms with E-state index in [0.29, 0.717) is 19.0 Å². The predicted molar refractivity (Wildman–Crippen MR) is 129 cm³/mol. The van der Waals surface area contributed by atoms with Gasteiger partial charge in [-0.25, -0.2) is 4.98 Å². The number of carbonyl (C=O) groups is 1. The molecule has 0 bridgehead atoms. The fourth-order valence-electron chi connectivity index (χ4n) is 3.73. The first kappa shape index (κ1) is 24.0. The number of primary amides is 1. The lowest BCUT2D eigenvalue weighted by Crippen LogP contribution is -2.47. The highest BCUT2D eigenvalue weighted by Crippen LogP contribution is 2.42. The number of nitrogens with two attached hydrogens (primary N) is 1. The summed E-state index contributed by atoms with van der Waals surface area (Å²) in [5.74, 6) is 0.0845. The number of hydrogen-bond donors (Lipinski definition) is 1. The Hall–Kier alpha value is -2.64. The first-order chi connectivity index (χ1) is 15.3. The van der Waals surface area contributed by atoms with Crippen molar-refractivity contribution in [2.75, 3.05) is 13.2 Å². The van der Waals surface area contributed by atoms with Gasteiger partial charge in [-0.3, -0.25) is 4.79 Å². The van der Waals surface area contributed by atoms with Crippen LogP contribution in [0, 0.1) is 11.3 Å². The maximum Gasteiger partial charge on any atom is 0.231 e. The minimum absolute atomic E-state index is 0.206. The van der Waals surface area contributed by atoms with Crippen LogP contribution in [0.4, 0.5) is 0 Å². The number of nitrogens with zero attached hydrogens (tertiary/aromatic N) is 2. The molecule has 0 spiro atoms. The Kier molecular flexibility index (Phi) is 8.10. The predicted octanol–water partition coefficient (Wildman–Crippen LogP) is 5.06. The summed E-state index contributed by atoms with van der Waals surface area (Å²) >= 11 is 3.50. The summed E-state index contributed by atoms with van der Waals surface area (Å²) in [7, 11) is 0. The maximum atomic E-state index is 12.0. The van der Waals surface area contributed by atoms with Crippen LogP contribution >= 0.6 is 15.9 Å². The number of carbonyl (C=O) groups excluding carboxylic acids is 1. The molecule has 1 amide bonds. The molecule has 3 rings (SSSR count). The van der Waals surface area contributed by atoms with Crippen LogP contribution in [-0.2, 0) is 9.53 Å². The van der Waals surface area contributed by atoms with E-state index in [1.165, 1.54) is 0 Å². The molecule has 3 aromatic rings. The molecule has 32 heavy (non-hydrogen) atoms. The number of imidazole rings is 1. The zero-order chi connectivity index (χ0) is 23.1. The summed E-state index contributed by atoms with van der Waals surface area (Å²) in [6.07, 6.45) is 4.82. The van der Waals surface area contributed by atoms with E-state index < -0.39 is 22.4 Å². The van der Waals surface area contributed by atoms with Gasteiger partial charge < -0.3 is 19.8 Å². The van der Waals surface area contributed by atoms with Crippen molar-refractivity contribution in [3.63, 3.8) is 0 Å². The van der Waals surface area contributed by atoms with Gasteiger partial charge in [0.1, 0.15) is 5.75 Å². The van der Waals surface area contributed by atoms with Crippen LogP contribution in [0.1, 0.15) is 27.0 Å². The largest absolute Gasteiger partial charge is 0.470 e. The average molecular weight is 500 g/mol. The second-order valence-corrected chi connectivity index (χ2v) is 9.18. The Balaban J connectivity index is 1.93. The van der Waals surface area contributed by atoms with Gasteiger partial charge in [-0.1, -0.05) is 72.2 Å². The molecule has 2 N–H and O–H groups in total. The van der Waals surface area contributed by atoms with Crippen molar-refractivity contribution >= 4 is 21.8 Å². The normalized spacial score (nSPS) is 14.5. The van der Waals surface area contributed by atoms with E-state index in [1.807, 2.05) is 74.0 Å². The molecule has 0 saturated carbocycles. The van der Waals surface area contributed by atoms with Gasteiger partial charge in [0.25, 0.3) is 0 Å². The first-order valence-electron chi connectivity index (χ1n) is 10.6. The first-order valence-corrected chi connectivity index (χ1v) is 11.6. The van der Waals surface area contributed by atoms with Gasteiger partial charge in [-0.05, 0) is 35.6 Å². The Labute approximate surface area is 197 Å². The molecule has 3 unspecified atom stereocenters. The second kappa shape index (κ2) is 10.8. The van der Waals surface area contributed by atoms with Gasteiger partial charge in [0.2, 0.25) is 5.91 Å². The third kappa shape index (κ3) is 5.58. The number of benzene rings is 2. The smallest absolute Gasteiger partial charge is 0.231 e. The summed E-state index contributed by atoms with van der Waals surface area (Å²) in [5, 5.41) is 0. The molecule has 2 aromatic carbocycles. The summed E-state index contributed by atoms with van der Waals surface area (Å²) in [5.41, 5.74) is 7.33. The molecule has 0 radical (unpaired) electrons. The van der Waals surface area contributed by atoms with Crippen molar-refractivity contribution in [1.29, 1.82) is 0 Å². The van der Waals surface area contributed by atoms with Gasteiger partial charge >= 0.3 is 0 Å². The minimum Gasteiger partial charge on any atom is -0.470 e. The number of aromatic nitrogens is 2. The molecule has 0 aliphatic rings. The topological polar surface area (TPSA) is 79.4 Å². The van der Waals surface area contributed by atoms with Crippen LogP contribution in [-0.4, -0.2) is 33.5 Å². The molecule has 6 nitrogen and oxygen atoms in total. The lowest BCUT2D eigenvalue weighted by Gasteiger charge is -2.41. The molecular formula is C25H30BrN3O3. The summed E-state index contributed by atoms with van der Waals surface area (Å²) in [6.45, 7) is 6.88. The zero-order valence-electron chi connectivity index (χ0n) is 18.6. The van der Waals surface area contributed by atoms with Gasteiger partial charge in [0.05, 0.1) is 17.8 Å². The van der Waals surface area contributed by atoms with E-state index in [1.54, 1.807) is 12.5 Å². The molecule has 7 heteroatoms. The molecule has 0 aliphatic heterocycles. The van der Waals surface area contributed by atoms with Gasteiger partial charge in [-0.2, -0.15) is 0 Å². The van der Waals surface area contributed by atoms with E-state index in [9.17, 15) is 4.79 Å². The van der Waals surface area contributed by atoms with Gasteiger partial charge in [0, 0.05) is 24.9 Å². The van der Waals surface area contributed by atoms with Crippen molar-refractivity contribution in [2.45, 2.75) is 31.8 Å². The van der Waals surface area contributed by atoms with Crippen molar-refractivity contribution in [3.05, 3.63) is 73.3 Å². The highest BCUT2D eigenvalue weighted by Gasteiger charge is 2.45. The van der Waals surface area contributed by atoms with Gasteiger partial charge in [-0.15, -0.1) is 0 Å². The van der Waals surface area contributed by atoms with Crippen LogP contribution in [0.2, 0.25) is 0 Å². The summed E-state index contributed by atoms with van der Waals surface area (Å²) < 4.78 is 14.2. The number of halogens is 1. The van der Waals surface area contributed by atoms with E-state index >= 15 is 0 Å². The SMILES string of the molecule is CCOCC(C(Oc1ccc(-c2ccccc2)cc1)n1ccnc1)C(C)(C)C(Br)C(N)=O. The molecule has 0 aliphatic carbocycles. The Morgan fingerprint density at radius 1 is 1.12 bits per heavy atom. The Morgan fingerprint density at radius 2 is 1.78 bits per heavy atom. The van der Waals surface area contributed by atoms with Gasteiger partial charge in [0.15, 0.2) is 6.23 Å². The summed E-state index contributed by atoms with van der Waals surface area (Å²) in [4.78, 5) is 15.7. The molecule has 1 heterocycles. The lowest BCUT2D eigenvalue weighted by atomic mass is 9.75. The number of amides is 1. The Morgan fingerprint density at radius 3 is 2.34 bits per heavy atom. The molecular weight excluding hydrogens is 470 g/mol. The number of ether oxygens (including phenoxy) is 2. The summed E-state index contributed by atoms with van der Waals surface area (Å²) in [6, 6.07) is 18.2. The zero-order valence-corrected chi connectivity index (χ0v) is 20.2. The van der Waals surface area contributed by atoms with Crippen molar-refractivity contribution in [3.8, 4) is 16.9 Å². The minimum atomic E-state index is -0.570. The highest BCUT2D eigenvalue weighted by molar-refractivity contribution is 9.10. The lowest BCUT2D eigenvalue weighted by molar-refractivity contribution is -0.122. The number of hydrogen-bond acceptors (Lipinski definition) is 4. The van der Waals surface area contributed by atoms with Crippen LogP contribution in [0.3, 0.4) is 0 Å². The van der Waals surface area contributed by atoms with Crippen LogP contribution in [0.15, 0.2) is 73.3 Å². The van der Waals surface area contributed by atoms with E-state index in [4.69, 9.17) is 15.2 Å². The van der Waals surface area contributed by atoms with E-state index in [-0.39, 0.29) is 5.92 Å². The van der Waals surface area contributed by atoms with E-state index in [2.05, 4.69) is 33.0 Å². The highest BCUT2D eigenvalue weighted by atomic mass is 79.9. The van der Waals surface area contributed by atoms with Crippen molar-refractivity contribution < 1.29 is 14.3 Å². The van der Waals surface area contributed by atoms with Crippen LogP contribution < -0.4 is 10.5 Å². The second-order valence-electron chi connectivity index (χ2n) is 8.26. The van der Waals surface area contributed by atoms with Crippen molar-refractivity contribution in [2.24, 2.45) is 17.1 Å². The van der Waals surface area contributed by atoms with Crippen LogP contribution in [0.25, 0.3) is 11.1 Å². The molecule has 170 valence electrons. The molecule has 3 atom stereocenters. The standard InChI is InChI=1S/C25H30BrN3O3/c1-4-31-16-21(25(2,3)22(26)23(27)30)24(29-15-14-28-17-29)32-20-12-10-19(11-13-20)18-8-6-5-7-9-18/h5-15,17,21-22,24H,4,16H2,1-3H3,(H2,27,30). The van der Waals surface area contributed by atoms with Crippen molar-refractivity contribution in [1.82, 2.24) is 9.55 Å². The monoisotopic (exact) mass is 499 g/mol. The molecule has 0 saturated heterocycles. The molecule has 0 fully saturated rings. The molecule has 1 aromatic heterocycles. The van der Waals surface area contributed by atoms with E-state index in [0.717, 1.165) is 11.1 Å². The fourth-order valence-corrected chi connectivity index (χ4v) is 4.07. The number of alkyl halides is 1. The van der Waals surface area contributed by atoms with Crippen LogP contribution in [0.5, 0.6) is 5.75 Å². The Bertz CT molecular complexity index is 975. The third-order valence-electron chi connectivity index (χ3n) is 5.74. The third-order valence-corrected chi connectivity index (χ3v) is 7.37. The maximum absolute atomic E-state index is 12.0.